The van der Waals surface area contributed by atoms with Crippen LogP contribution in [-0.2, 0) is 17.0 Å². The molecule has 2 rings (SSSR count). The molecular weight excluding hydrogens is 386 g/mol. The third-order valence-corrected chi connectivity index (χ3v) is 3.82. The molecule has 0 radical (unpaired) electrons. The van der Waals surface area contributed by atoms with E-state index in [0.29, 0.717) is 24.0 Å². The summed E-state index contributed by atoms with van der Waals surface area (Å²) in [6, 6.07) is 4.41. The number of hydrogen-bond donors (Lipinski definition) is 1. The zero-order valence-corrected chi connectivity index (χ0v) is 15.7. The molecule has 2 nitrogen and oxygen atoms in total. The second-order valence-corrected chi connectivity index (χ2v) is 7.94. The Hall–Kier alpha value is -0.226. The molecule has 0 amide bonds. The van der Waals surface area contributed by atoms with Gasteiger partial charge in [-0.2, -0.15) is 13.2 Å². The van der Waals surface area contributed by atoms with Crippen LogP contribution in [0, 0.1) is 12.8 Å². The predicted molar refractivity (Wildman–Crippen MR) is 83.9 cm³/mol. The van der Waals surface area contributed by atoms with Crippen LogP contribution in [0.5, 0.6) is 5.75 Å². The van der Waals surface area contributed by atoms with Crippen molar-refractivity contribution in [1.29, 1.82) is 0 Å². The van der Waals surface area contributed by atoms with Crippen molar-refractivity contribution < 1.29 is 35.3 Å². The summed E-state index contributed by atoms with van der Waals surface area (Å²) < 4.78 is 38.8. The van der Waals surface area contributed by atoms with Gasteiger partial charge in [0, 0.05) is 11.8 Å². The van der Waals surface area contributed by atoms with E-state index in [2.05, 4.69) is 4.99 Å². The molecule has 23 heavy (non-hydrogen) atoms. The molecule has 0 bridgehead atoms. The summed E-state index contributed by atoms with van der Waals surface area (Å²) in [4.78, 5) is 4.10. The van der Waals surface area contributed by atoms with E-state index in [0.717, 1.165) is 6.42 Å². The second-order valence-electron chi connectivity index (χ2n) is 5.36. The van der Waals surface area contributed by atoms with Gasteiger partial charge < -0.3 is 5.11 Å². The first-order valence-corrected chi connectivity index (χ1v) is 11.5. The van der Waals surface area contributed by atoms with Crippen molar-refractivity contribution in [2.45, 2.75) is 44.8 Å². The van der Waals surface area contributed by atoms with E-state index in [1.807, 2.05) is 0 Å². The third-order valence-electron chi connectivity index (χ3n) is 3.82. The van der Waals surface area contributed by atoms with Crippen LogP contribution >= 0.6 is 18.6 Å². The van der Waals surface area contributed by atoms with Crippen molar-refractivity contribution in [3.05, 3.63) is 29.3 Å². The van der Waals surface area contributed by atoms with Crippen molar-refractivity contribution in [3.63, 3.8) is 0 Å². The first-order valence-electron chi connectivity index (χ1n) is 7.16. The van der Waals surface area contributed by atoms with Crippen molar-refractivity contribution in [3.8, 4) is 5.75 Å². The molecule has 1 N–H and O–H groups in total. The molecule has 0 spiro atoms. The van der Waals surface area contributed by atoms with Gasteiger partial charge in [-0.1, -0.05) is 25.0 Å². The zero-order valence-electron chi connectivity index (χ0n) is 12.6. The van der Waals surface area contributed by atoms with Gasteiger partial charge in [-0.15, -0.1) is 0 Å². The van der Waals surface area contributed by atoms with Gasteiger partial charge in [0.15, 0.2) is 0 Å². The van der Waals surface area contributed by atoms with Gasteiger partial charge in [-0.3, -0.25) is 4.99 Å². The summed E-state index contributed by atoms with van der Waals surface area (Å²) in [5.41, 5.74) is 1.15. The van der Waals surface area contributed by atoms with E-state index in [9.17, 15) is 18.3 Å². The maximum atomic E-state index is 12.9. The Balaban J connectivity index is 0.000000816. The molecule has 1 aliphatic rings. The van der Waals surface area contributed by atoms with Crippen LogP contribution in [0.25, 0.3) is 0 Å². The number of alkyl halides is 3. The number of hydrogen-bond acceptors (Lipinski definition) is 2. The Morgan fingerprint density at radius 1 is 1.26 bits per heavy atom. The SMILES string of the molecule is Cc1cccc(C=NC2CCCCC2C(F)(F)F)c1O.[Cl][Ti][Cl]. The van der Waals surface area contributed by atoms with E-state index in [4.69, 9.17) is 18.6 Å². The molecule has 2 unspecified atom stereocenters. The number of aliphatic imine (C=N–C) groups is 1. The summed E-state index contributed by atoms with van der Waals surface area (Å²) in [6.45, 7) is 1.74. The molecule has 1 fully saturated rings. The number of aryl methyl sites for hydroxylation is 1. The van der Waals surface area contributed by atoms with Crippen LogP contribution in [0.1, 0.15) is 36.8 Å². The molecule has 1 aromatic carbocycles. The molecule has 0 aliphatic heterocycles. The van der Waals surface area contributed by atoms with Crippen LogP contribution in [0.15, 0.2) is 23.2 Å². The fraction of sp³-hybridized carbons (Fsp3) is 0.533. The summed E-state index contributed by atoms with van der Waals surface area (Å²) in [7, 11) is 9.78. The van der Waals surface area contributed by atoms with E-state index >= 15 is 0 Å². The molecule has 0 heterocycles. The topological polar surface area (TPSA) is 32.6 Å². The molecule has 8 heteroatoms. The van der Waals surface area contributed by atoms with E-state index in [1.54, 1.807) is 25.1 Å². The molecule has 1 saturated carbocycles. The van der Waals surface area contributed by atoms with Crippen LogP contribution < -0.4 is 0 Å². The van der Waals surface area contributed by atoms with Crippen molar-refractivity contribution in [2.24, 2.45) is 10.9 Å². The fourth-order valence-electron chi connectivity index (χ4n) is 2.63. The van der Waals surface area contributed by atoms with Gasteiger partial charge in [0.25, 0.3) is 0 Å². The van der Waals surface area contributed by atoms with Crippen LogP contribution in [0.2, 0.25) is 0 Å². The van der Waals surface area contributed by atoms with Gasteiger partial charge in [-0.25, -0.2) is 0 Å². The van der Waals surface area contributed by atoms with Crippen LogP contribution in [0.3, 0.4) is 0 Å². The standard InChI is InChI=1S/C15H18F3NO.2ClH.Ti/c1-10-5-4-6-11(14(10)20)9-19-13-8-3-2-7-12(13)15(16,17)18;;;/h4-6,9,12-13,20H,2-3,7-8H2,1H3;2*1H;/q;;;+2/p-2. The van der Waals surface area contributed by atoms with Crippen molar-refractivity contribution >= 4 is 24.8 Å². The predicted octanol–water partition coefficient (Wildman–Crippen LogP) is 5.62. The van der Waals surface area contributed by atoms with E-state index in [1.165, 1.54) is 6.21 Å². The molecule has 2 atom stereocenters. The molecule has 1 aliphatic carbocycles. The Labute approximate surface area is 150 Å². The summed E-state index contributed by atoms with van der Waals surface area (Å²) >= 11 is -0.556. The molecule has 128 valence electrons. The number of aromatic hydroxyl groups is 1. The quantitative estimate of drug-likeness (QED) is 0.504. The average Bonchev–Trinajstić information content (AvgIpc) is 2.49. The summed E-state index contributed by atoms with van der Waals surface area (Å²) in [6.07, 6.45) is -0.854. The summed E-state index contributed by atoms with van der Waals surface area (Å²) in [5, 5.41) is 9.84. The Morgan fingerprint density at radius 3 is 2.48 bits per heavy atom. The minimum atomic E-state index is -4.20. The Bertz CT molecular complexity index is 526. The first-order chi connectivity index (χ1) is 10.8. The van der Waals surface area contributed by atoms with Crippen molar-refractivity contribution in [1.82, 2.24) is 0 Å². The summed E-state index contributed by atoms with van der Waals surface area (Å²) in [5.74, 6) is -1.28. The number of para-hydroxylation sites is 1. The average molecular weight is 404 g/mol. The minimum absolute atomic E-state index is 0.0793. The maximum absolute atomic E-state index is 12.9. The number of phenols is 1. The molecule has 1 aromatic rings. The van der Waals surface area contributed by atoms with E-state index < -0.39 is 35.2 Å². The van der Waals surface area contributed by atoms with Gasteiger partial charge in [0.1, 0.15) is 5.75 Å². The number of nitrogens with zero attached hydrogens (tertiary/aromatic N) is 1. The number of rotatable bonds is 2. The van der Waals surface area contributed by atoms with Crippen LogP contribution in [-0.4, -0.2) is 23.5 Å². The number of benzene rings is 1. The van der Waals surface area contributed by atoms with E-state index in [-0.39, 0.29) is 12.2 Å². The molecular formula is C15H18Cl2F3NOTi. The zero-order chi connectivity index (χ0) is 17.5. The Morgan fingerprint density at radius 2 is 1.87 bits per heavy atom. The van der Waals surface area contributed by atoms with Gasteiger partial charge >= 0.3 is 41.8 Å². The normalized spacial score (nSPS) is 21.7. The monoisotopic (exact) mass is 403 g/mol. The Kier molecular flexibility index (Phi) is 8.98. The number of phenolic OH excluding ortho intramolecular Hbond substituents is 1. The molecule has 0 saturated heterocycles. The van der Waals surface area contributed by atoms with Gasteiger partial charge in [0.2, 0.25) is 0 Å². The third kappa shape index (κ3) is 6.65. The molecule has 0 aromatic heterocycles. The fourth-order valence-corrected chi connectivity index (χ4v) is 2.63. The first kappa shape index (κ1) is 20.8. The van der Waals surface area contributed by atoms with Crippen molar-refractivity contribution in [2.75, 3.05) is 0 Å². The second kappa shape index (κ2) is 9.92. The number of halogens is 5. The van der Waals surface area contributed by atoms with Crippen LogP contribution in [0.4, 0.5) is 13.2 Å². The van der Waals surface area contributed by atoms with Gasteiger partial charge in [0.05, 0.1) is 12.0 Å². The van der Waals surface area contributed by atoms with Gasteiger partial charge in [-0.05, 0) is 31.4 Å².